The number of hydrogen-bond donors (Lipinski definition) is 2. The molecule has 3 nitrogen and oxygen atoms in total. The molecule has 0 spiro atoms. The van der Waals surface area contributed by atoms with Gasteiger partial charge in [-0.1, -0.05) is 6.07 Å². The average molecular weight is 252 g/mol. The maximum Gasteiger partial charge on any atom is 0.138 e. The largest absolute Gasteiger partial charge is 0.388 e. The fourth-order valence-electron chi connectivity index (χ4n) is 1.31. The van der Waals surface area contributed by atoms with E-state index in [1.807, 2.05) is 31.3 Å². The molecule has 0 radical (unpaired) electrons. The molecule has 0 saturated heterocycles. The number of pyridine rings is 1. The highest BCUT2D eigenvalue weighted by atomic mass is 79.9. The summed E-state index contributed by atoms with van der Waals surface area (Å²) < 4.78 is 0.835. The summed E-state index contributed by atoms with van der Waals surface area (Å²) in [5.41, 5.74) is 7.63. The Morgan fingerprint density at radius 3 is 2.86 bits per heavy atom. The lowest BCUT2D eigenvalue weighted by Crippen LogP contribution is -1.93. The SMILES string of the molecule is CNc1ccc2cc(Br)c(N)nc2c1. The van der Waals surface area contributed by atoms with Crippen LogP contribution in [0, 0.1) is 0 Å². The second kappa shape index (κ2) is 3.46. The lowest BCUT2D eigenvalue weighted by atomic mass is 10.2. The van der Waals surface area contributed by atoms with Crippen molar-refractivity contribution in [2.75, 3.05) is 18.1 Å². The molecule has 0 aliphatic heterocycles. The third-order valence-electron chi connectivity index (χ3n) is 2.09. The molecule has 0 atom stereocenters. The number of halogens is 1. The van der Waals surface area contributed by atoms with Gasteiger partial charge in [-0.25, -0.2) is 4.98 Å². The molecular weight excluding hydrogens is 242 g/mol. The number of nitrogen functional groups attached to an aromatic ring is 1. The van der Waals surface area contributed by atoms with Crippen LogP contribution in [0.5, 0.6) is 0 Å². The van der Waals surface area contributed by atoms with Gasteiger partial charge >= 0.3 is 0 Å². The number of benzene rings is 1. The van der Waals surface area contributed by atoms with E-state index in [1.54, 1.807) is 0 Å². The van der Waals surface area contributed by atoms with Crippen molar-refractivity contribution in [3.8, 4) is 0 Å². The van der Waals surface area contributed by atoms with Gasteiger partial charge in [-0.15, -0.1) is 0 Å². The zero-order valence-electron chi connectivity index (χ0n) is 7.71. The standard InChI is InChI=1S/C10H10BrN3/c1-13-7-3-2-6-4-8(11)10(12)14-9(6)5-7/h2-5,13H,1H3,(H2,12,14). The molecule has 72 valence electrons. The van der Waals surface area contributed by atoms with Crippen LogP contribution >= 0.6 is 15.9 Å². The van der Waals surface area contributed by atoms with Crippen LogP contribution in [0.4, 0.5) is 11.5 Å². The van der Waals surface area contributed by atoms with Gasteiger partial charge in [-0.05, 0) is 34.1 Å². The number of rotatable bonds is 1. The summed E-state index contributed by atoms with van der Waals surface area (Å²) in [4.78, 5) is 4.27. The topological polar surface area (TPSA) is 50.9 Å². The number of aromatic nitrogens is 1. The van der Waals surface area contributed by atoms with Crippen molar-refractivity contribution >= 4 is 38.3 Å². The van der Waals surface area contributed by atoms with Crippen LogP contribution in [0.3, 0.4) is 0 Å². The van der Waals surface area contributed by atoms with E-state index < -0.39 is 0 Å². The van der Waals surface area contributed by atoms with Crippen LogP contribution in [-0.4, -0.2) is 12.0 Å². The second-order valence-electron chi connectivity index (χ2n) is 3.01. The van der Waals surface area contributed by atoms with Crippen LogP contribution in [0.15, 0.2) is 28.7 Å². The number of anilines is 2. The van der Waals surface area contributed by atoms with Crippen molar-refractivity contribution in [3.63, 3.8) is 0 Å². The highest BCUT2D eigenvalue weighted by Gasteiger charge is 2.01. The van der Waals surface area contributed by atoms with Gasteiger partial charge < -0.3 is 11.1 Å². The average Bonchev–Trinajstić information content (AvgIpc) is 2.19. The van der Waals surface area contributed by atoms with Crippen LogP contribution < -0.4 is 11.1 Å². The molecule has 0 aliphatic rings. The first-order valence-corrected chi connectivity index (χ1v) is 5.03. The summed E-state index contributed by atoms with van der Waals surface area (Å²) in [5, 5.41) is 4.13. The molecule has 0 unspecified atom stereocenters. The first kappa shape index (κ1) is 9.27. The van der Waals surface area contributed by atoms with Gasteiger partial charge in [0.15, 0.2) is 0 Å². The minimum atomic E-state index is 0.519. The molecule has 0 saturated carbocycles. The molecule has 1 aromatic heterocycles. The second-order valence-corrected chi connectivity index (χ2v) is 3.87. The lowest BCUT2D eigenvalue weighted by molar-refractivity contribution is 1.39. The fourth-order valence-corrected chi connectivity index (χ4v) is 1.65. The van der Waals surface area contributed by atoms with Crippen molar-refractivity contribution in [2.24, 2.45) is 0 Å². The van der Waals surface area contributed by atoms with Crippen molar-refractivity contribution in [3.05, 3.63) is 28.7 Å². The number of nitrogens with zero attached hydrogens (tertiary/aromatic N) is 1. The first-order valence-electron chi connectivity index (χ1n) is 4.24. The van der Waals surface area contributed by atoms with E-state index >= 15 is 0 Å². The molecule has 0 bridgehead atoms. The molecule has 1 heterocycles. The minimum absolute atomic E-state index is 0.519. The molecular formula is C10H10BrN3. The van der Waals surface area contributed by atoms with Crippen molar-refractivity contribution in [1.82, 2.24) is 4.98 Å². The summed E-state index contributed by atoms with van der Waals surface area (Å²) in [6, 6.07) is 7.96. The number of hydrogen-bond acceptors (Lipinski definition) is 3. The molecule has 2 rings (SSSR count). The van der Waals surface area contributed by atoms with Crippen LogP contribution in [-0.2, 0) is 0 Å². The third kappa shape index (κ3) is 1.53. The summed E-state index contributed by atoms with van der Waals surface area (Å²) in [6.45, 7) is 0. The van der Waals surface area contributed by atoms with Crippen molar-refractivity contribution < 1.29 is 0 Å². The molecule has 0 aliphatic carbocycles. The van der Waals surface area contributed by atoms with Crippen molar-refractivity contribution in [1.29, 1.82) is 0 Å². The Balaban J connectivity index is 2.70. The van der Waals surface area contributed by atoms with Gasteiger partial charge in [0.1, 0.15) is 5.82 Å². The van der Waals surface area contributed by atoms with Gasteiger partial charge in [0, 0.05) is 18.1 Å². The molecule has 1 aromatic carbocycles. The fraction of sp³-hybridized carbons (Fsp3) is 0.100. The monoisotopic (exact) mass is 251 g/mol. The van der Waals surface area contributed by atoms with Gasteiger partial charge in [0.05, 0.1) is 9.99 Å². The Labute approximate surface area is 90.5 Å². The van der Waals surface area contributed by atoms with Gasteiger partial charge in [-0.2, -0.15) is 0 Å². The number of fused-ring (bicyclic) bond motifs is 1. The van der Waals surface area contributed by atoms with Gasteiger partial charge in [0.25, 0.3) is 0 Å². The van der Waals surface area contributed by atoms with E-state index in [1.165, 1.54) is 0 Å². The van der Waals surface area contributed by atoms with Crippen LogP contribution in [0.2, 0.25) is 0 Å². The highest BCUT2D eigenvalue weighted by molar-refractivity contribution is 9.10. The Morgan fingerprint density at radius 2 is 2.14 bits per heavy atom. The summed E-state index contributed by atoms with van der Waals surface area (Å²) in [5.74, 6) is 0.519. The zero-order valence-corrected chi connectivity index (χ0v) is 9.30. The Hall–Kier alpha value is -1.29. The highest BCUT2D eigenvalue weighted by Crippen LogP contribution is 2.24. The Kier molecular flexibility index (Phi) is 2.29. The van der Waals surface area contributed by atoms with Crippen LogP contribution in [0.25, 0.3) is 10.9 Å². The molecule has 0 amide bonds. The molecule has 3 N–H and O–H groups in total. The summed E-state index contributed by atoms with van der Waals surface area (Å²) in [7, 11) is 1.88. The molecule has 14 heavy (non-hydrogen) atoms. The zero-order chi connectivity index (χ0) is 10.1. The Morgan fingerprint density at radius 1 is 1.36 bits per heavy atom. The maximum absolute atomic E-state index is 5.70. The van der Waals surface area contributed by atoms with E-state index in [9.17, 15) is 0 Å². The third-order valence-corrected chi connectivity index (χ3v) is 2.72. The lowest BCUT2D eigenvalue weighted by Gasteiger charge is -2.04. The summed E-state index contributed by atoms with van der Waals surface area (Å²) >= 11 is 3.35. The van der Waals surface area contributed by atoms with E-state index in [0.29, 0.717) is 5.82 Å². The van der Waals surface area contributed by atoms with E-state index in [4.69, 9.17) is 5.73 Å². The normalized spacial score (nSPS) is 10.4. The first-order chi connectivity index (χ1) is 6.70. The predicted octanol–water partition coefficient (Wildman–Crippen LogP) is 2.62. The van der Waals surface area contributed by atoms with Gasteiger partial charge in [0.2, 0.25) is 0 Å². The Bertz CT molecular complexity index is 482. The number of nitrogens with one attached hydrogen (secondary N) is 1. The van der Waals surface area contributed by atoms with Crippen LogP contribution in [0.1, 0.15) is 0 Å². The van der Waals surface area contributed by atoms with Crippen molar-refractivity contribution in [2.45, 2.75) is 0 Å². The maximum atomic E-state index is 5.70. The molecule has 0 fully saturated rings. The molecule has 2 aromatic rings. The van der Waals surface area contributed by atoms with E-state index in [0.717, 1.165) is 21.1 Å². The van der Waals surface area contributed by atoms with E-state index in [2.05, 4.69) is 26.2 Å². The van der Waals surface area contributed by atoms with Gasteiger partial charge in [-0.3, -0.25) is 0 Å². The minimum Gasteiger partial charge on any atom is -0.388 e. The molecule has 4 heteroatoms. The summed E-state index contributed by atoms with van der Waals surface area (Å²) in [6.07, 6.45) is 0. The van der Waals surface area contributed by atoms with E-state index in [-0.39, 0.29) is 0 Å². The smallest absolute Gasteiger partial charge is 0.138 e. The predicted molar refractivity (Wildman–Crippen MR) is 63.4 cm³/mol. The number of nitrogens with two attached hydrogens (primary N) is 1. The quantitative estimate of drug-likeness (QED) is 0.820.